The lowest BCUT2D eigenvalue weighted by atomic mass is 10.1. The summed E-state index contributed by atoms with van der Waals surface area (Å²) in [6, 6.07) is 12.0. The quantitative estimate of drug-likeness (QED) is 0.688. The molecule has 0 atom stereocenters. The van der Waals surface area contributed by atoms with Gasteiger partial charge in [0.15, 0.2) is 0 Å². The minimum Gasteiger partial charge on any atom is -0.379 e. The van der Waals surface area contributed by atoms with E-state index in [0.29, 0.717) is 13.2 Å². The van der Waals surface area contributed by atoms with Gasteiger partial charge < -0.3 is 14.5 Å². The van der Waals surface area contributed by atoms with Gasteiger partial charge in [-0.05, 0) is 24.3 Å². The number of carbonyl (C=O) groups is 2. The number of morpholine rings is 1. The lowest BCUT2D eigenvalue weighted by Gasteiger charge is -2.35. The Labute approximate surface area is 186 Å². The number of rotatable bonds is 4. The number of halogens is 1. The molecule has 4 rings (SSSR count). The zero-order valence-corrected chi connectivity index (χ0v) is 18.3. The van der Waals surface area contributed by atoms with Crippen molar-refractivity contribution < 1.29 is 27.1 Å². The molecule has 0 radical (unpaired) electrons. The molecule has 0 saturated carbocycles. The fourth-order valence-electron chi connectivity index (χ4n) is 3.88. The maximum absolute atomic E-state index is 14.0. The SMILES string of the molecule is O=C(c1ccccc1F)N1CCN(C(=O)c2ccccc2S(=O)(=O)N2CCOCC2)CC1. The lowest BCUT2D eigenvalue weighted by molar-refractivity contribution is 0.0530. The fourth-order valence-corrected chi connectivity index (χ4v) is 5.47. The number of hydrogen-bond donors (Lipinski definition) is 0. The van der Waals surface area contributed by atoms with E-state index in [1.165, 1.54) is 44.4 Å². The summed E-state index contributed by atoms with van der Waals surface area (Å²) in [6.07, 6.45) is 0. The van der Waals surface area contributed by atoms with Crippen LogP contribution < -0.4 is 0 Å². The number of piperazine rings is 1. The average Bonchev–Trinajstić information content (AvgIpc) is 2.84. The first-order valence-corrected chi connectivity index (χ1v) is 11.8. The van der Waals surface area contributed by atoms with Crippen LogP contribution in [0, 0.1) is 5.82 Å². The van der Waals surface area contributed by atoms with E-state index >= 15 is 0 Å². The molecular formula is C22H24FN3O5S. The average molecular weight is 462 g/mol. The third kappa shape index (κ3) is 4.38. The molecular weight excluding hydrogens is 437 g/mol. The van der Waals surface area contributed by atoms with Crippen LogP contribution in [0.5, 0.6) is 0 Å². The molecule has 10 heteroatoms. The molecule has 2 amide bonds. The number of hydrogen-bond acceptors (Lipinski definition) is 5. The van der Waals surface area contributed by atoms with E-state index in [1.807, 2.05) is 0 Å². The van der Waals surface area contributed by atoms with Gasteiger partial charge in [0, 0.05) is 39.3 Å². The molecule has 0 unspecified atom stereocenters. The summed E-state index contributed by atoms with van der Waals surface area (Å²) in [5.41, 5.74) is 0.0992. The molecule has 2 aliphatic heterocycles. The van der Waals surface area contributed by atoms with Gasteiger partial charge in [-0.3, -0.25) is 9.59 Å². The second-order valence-electron chi connectivity index (χ2n) is 7.58. The summed E-state index contributed by atoms with van der Waals surface area (Å²) in [5.74, 6) is -1.42. The molecule has 2 aromatic rings. The normalized spacial score (nSPS) is 17.9. The highest BCUT2D eigenvalue weighted by Crippen LogP contribution is 2.23. The number of ether oxygens (including phenoxy) is 1. The Morgan fingerprint density at radius 1 is 0.750 bits per heavy atom. The second-order valence-corrected chi connectivity index (χ2v) is 9.48. The van der Waals surface area contributed by atoms with Crippen molar-refractivity contribution in [2.45, 2.75) is 4.90 Å². The standard InChI is InChI=1S/C22H24FN3O5S/c23-19-7-3-1-5-17(19)21(27)24-9-11-25(12-10-24)22(28)18-6-2-4-8-20(18)32(29,30)26-13-15-31-16-14-26/h1-8H,9-16H2. The molecule has 8 nitrogen and oxygen atoms in total. The van der Waals surface area contributed by atoms with E-state index in [0.717, 1.165) is 0 Å². The second kappa shape index (κ2) is 9.35. The third-order valence-electron chi connectivity index (χ3n) is 5.66. The van der Waals surface area contributed by atoms with Crippen LogP contribution in [0.3, 0.4) is 0 Å². The van der Waals surface area contributed by atoms with Crippen molar-refractivity contribution in [1.82, 2.24) is 14.1 Å². The minimum absolute atomic E-state index is 0.00535. The molecule has 2 aromatic carbocycles. The van der Waals surface area contributed by atoms with E-state index in [1.54, 1.807) is 18.2 Å². The topological polar surface area (TPSA) is 87.2 Å². The zero-order valence-electron chi connectivity index (χ0n) is 17.4. The predicted molar refractivity (Wildman–Crippen MR) is 114 cm³/mol. The summed E-state index contributed by atoms with van der Waals surface area (Å²) < 4.78 is 46.8. The Morgan fingerprint density at radius 3 is 1.84 bits per heavy atom. The minimum atomic E-state index is -3.84. The molecule has 0 aromatic heterocycles. The van der Waals surface area contributed by atoms with Crippen LogP contribution in [0.1, 0.15) is 20.7 Å². The van der Waals surface area contributed by atoms with Crippen LogP contribution in [0.4, 0.5) is 4.39 Å². The van der Waals surface area contributed by atoms with Gasteiger partial charge in [0.2, 0.25) is 10.0 Å². The molecule has 170 valence electrons. The monoisotopic (exact) mass is 461 g/mol. The molecule has 0 spiro atoms. The first-order chi connectivity index (χ1) is 15.4. The highest BCUT2D eigenvalue weighted by atomic mass is 32.2. The largest absolute Gasteiger partial charge is 0.379 e. The predicted octanol–water partition coefficient (Wildman–Crippen LogP) is 1.44. The van der Waals surface area contributed by atoms with E-state index in [-0.39, 0.29) is 55.3 Å². The first-order valence-electron chi connectivity index (χ1n) is 10.4. The maximum Gasteiger partial charge on any atom is 0.256 e. The van der Waals surface area contributed by atoms with Gasteiger partial charge in [-0.25, -0.2) is 12.8 Å². The van der Waals surface area contributed by atoms with Crippen molar-refractivity contribution in [1.29, 1.82) is 0 Å². The molecule has 0 bridgehead atoms. The van der Waals surface area contributed by atoms with Crippen LogP contribution in [0.2, 0.25) is 0 Å². The molecule has 2 heterocycles. The smallest absolute Gasteiger partial charge is 0.256 e. The summed E-state index contributed by atoms with van der Waals surface area (Å²) in [7, 11) is -3.84. The molecule has 0 N–H and O–H groups in total. The third-order valence-corrected chi connectivity index (χ3v) is 7.62. The van der Waals surface area contributed by atoms with Gasteiger partial charge in [0.05, 0.1) is 29.2 Å². The molecule has 32 heavy (non-hydrogen) atoms. The van der Waals surface area contributed by atoms with Crippen LogP contribution in [0.15, 0.2) is 53.4 Å². The number of benzene rings is 2. The molecule has 2 aliphatic rings. The lowest BCUT2D eigenvalue weighted by Crippen LogP contribution is -2.51. The van der Waals surface area contributed by atoms with E-state index < -0.39 is 27.7 Å². The summed E-state index contributed by atoms with van der Waals surface area (Å²) in [4.78, 5) is 28.8. The Balaban J connectivity index is 1.48. The summed E-state index contributed by atoms with van der Waals surface area (Å²) >= 11 is 0. The van der Waals surface area contributed by atoms with Gasteiger partial charge in [-0.1, -0.05) is 24.3 Å². The van der Waals surface area contributed by atoms with Crippen LogP contribution in [0.25, 0.3) is 0 Å². The number of amides is 2. The Bertz CT molecular complexity index is 1110. The highest BCUT2D eigenvalue weighted by Gasteiger charge is 2.33. The molecule has 2 saturated heterocycles. The Hall–Kier alpha value is -2.82. The van der Waals surface area contributed by atoms with Crippen LogP contribution in [-0.2, 0) is 14.8 Å². The summed E-state index contributed by atoms with van der Waals surface area (Å²) in [6.45, 7) is 2.02. The van der Waals surface area contributed by atoms with Crippen molar-refractivity contribution in [2.75, 3.05) is 52.5 Å². The van der Waals surface area contributed by atoms with Gasteiger partial charge in [0.1, 0.15) is 5.82 Å². The fraction of sp³-hybridized carbons (Fsp3) is 0.364. The number of sulfonamides is 1. The number of nitrogens with zero attached hydrogens (tertiary/aromatic N) is 3. The van der Waals surface area contributed by atoms with Crippen molar-refractivity contribution >= 4 is 21.8 Å². The maximum atomic E-state index is 14.0. The first kappa shape index (κ1) is 22.4. The van der Waals surface area contributed by atoms with Crippen molar-refractivity contribution in [2.24, 2.45) is 0 Å². The number of carbonyl (C=O) groups excluding carboxylic acids is 2. The van der Waals surface area contributed by atoms with Gasteiger partial charge >= 0.3 is 0 Å². The van der Waals surface area contributed by atoms with E-state index in [2.05, 4.69) is 0 Å². The van der Waals surface area contributed by atoms with Gasteiger partial charge in [-0.15, -0.1) is 0 Å². The van der Waals surface area contributed by atoms with Crippen molar-refractivity contribution in [3.05, 3.63) is 65.5 Å². The van der Waals surface area contributed by atoms with Crippen molar-refractivity contribution in [3.8, 4) is 0 Å². The Morgan fingerprint density at radius 2 is 1.25 bits per heavy atom. The van der Waals surface area contributed by atoms with Gasteiger partial charge in [0.25, 0.3) is 11.8 Å². The van der Waals surface area contributed by atoms with Crippen LogP contribution >= 0.6 is 0 Å². The van der Waals surface area contributed by atoms with E-state index in [9.17, 15) is 22.4 Å². The molecule has 0 aliphatic carbocycles. The zero-order chi connectivity index (χ0) is 22.7. The van der Waals surface area contributed by atoms with E-state index in [4.69, 9.17) is 4.74 Å². The van der Waals surface area contributed by atoms with Gasteiger partial charge in [-0.2, -0.15) is 4.31 Å². The summed E-state index contributed by atoms with van der Waals surface area (Å²) in [5, 5.41) is 0. The Kier molecular flexibility index (Phi) is 6.54. The highest BCUT2D eigenvalue weighted by molar-refractivity contribution is 7.89. The van der Waals surface area contributed by atoms with Crippen LogP contribution in [-0.4, -0.2) is 86.8 Å². The van der Waals surface area contributed by atoms with Crippen molar-refractivity contribution in [3.63, 3.8) is 0 Å². The molecule has 2 fully saturated rings.